The van der Waals surface area contributed by atoms with Gasteiger partial charge in [-0.25, -0.2) is 4.98 Å². The Bertz CT molecular complexity index is 632. The second-order valence-electron chi connectivity index (χ2n) is 3.96. The maximum atomic E-state index is 12.1. The Morgan fingerprint density at radius 3 is 2.75 bits per heavy atom. The van der Waals surface area contributed by atoms with Gasteiger partial charge in [-0.05, 0) is 46.3 Å². The molecule has 0 aliphatic carbocycles. The average Bonchev–Trinajstić information content (AvgIpc) is 2.47. The lowest BCUT2D eigenvalue weighted by molar-refractivity contribution is 0.102. The Labute approximate surface area is 125 Å². The Morgan fingerprint density at radius 2 is 2.10 bits per heavy atom. The van der Waals surface area contributed by atoms with Crippen LogP contribution in [0.25, 0.3) is 0 Å². The zero-order valence-corrected chi connectivity index (χ0v) is 12.7. The zero-order valence-electron chi connectivity index (χ0n) is 11.1. The quantitative estimate of drug-likeness (QED) is 0.900. The van der Waals surface area contributed by atoms with Gasteiger partial charge < -0.3 is 15.4 Å². The smallest absolute Gasteiger partial charge is 0.274 e. The number of rotatable bonds is 4. The van der Waals surface area contributed by atoms with Crippen molar-refractivity contribution in [2.24, 2.45) is 0 Å². The Balaban J connectivity index is 2.16. The molecular formula is C14H14BrN3O2. The first-order chi connectivity index (χ1) is 9.63. The van der Waals surface area contributed by atoms with Crippen LogP contribution < -0.4 is 15.4 Å². The number of pyridine rings is 1. The molecule has 0 spiro atoms. The van der Waals surface area contributed by atoms with E-state index in [0.29, 0.717) is 22.9 Å². The van der Waals surface area contributed by atoms with Crippen molar-refractivity contribution in [2.75, 3.05) is 24.8 Å². The van der Waals surface area contributed by atoms with Gasteiger partial charge in [0.25, 0.3) is 5.91 Å². The lowest BCUT2D eigenvalue weighted by atomic mass is 10.2. The normalized spacial score (nSPS) is 9.95. The molecule has 1 amide bonds. The van der Waals surface area contributed by atoms with Gasteiger partial charge in [-0.1, -0.05) is 6.07 Å². The summed E-state index contributed by atoms with van der Waals surface area (Å²) < 4.78 is 5.91. The number of ether oxygens (including phenoxy) is 1. The van der Waals surface area contributed by atoms with Crippen molar-refractivity contribution in [3.8, 4) is 5.75 Å². The van der Waals surface area contributed by atoms with Crippen molar-refractivity contribution in [1.82, 2.24) is 4.98 Å². The van der Waals surface area contributed by atoms with Crippen LogP contribution in [0.5, 0.6) is 5.75 Å². The van der Waals surface area contributed by atoms with E-state index in [1.165, 1.54) is 0 Å². The predicted molar refractivity (Wildman–Crippen MR) is 82.4 cm³/mol. The van der Waals surface area contributed by atoms with Gasteiger partial charge in [-0.2, -0.15) is 0 Å². The average molecular weight is 336 g/mol. The SMILES string of the molecule is CNc1cccc(C(=O)Nc2ccc(OC)c(Br)c2)n1. The van der Waals surface area contributed by atoms with Gasteiger partial charge in [-0.15, -0.1) is 0 Å². The third-order valence-electron chi connectivity index (χ3n) is 2.65. The molecule has 20 heavy (non-hydrogen) atoms. The van der Waals surface area contributed by atoms with E-state index >= 15 is 0 Å². The molecule has 1 heterocycles. The van der Waals surface area contributed by atoms with Gasteiger partial charge in [0.1, 0.15) is 17.3 Å². The number of aromatic nitrogens is 1. The monoisotopic (exact) mass is 335 g/mol. The number of methoxy groups -OCH3 is 1. The summed E-state index contributed by atoms with van der Waals surface area (Å²) in [5.41, 5.74) is 1.02. The third-order valence-corrected chi connectivity index (χ3v) is 3.27. The molecule has 5 nitrogen and oxygen atoms in total. The molecule has 2 aromatic rings. The van der Waals surface area contributed by atoms with E-state index in [2.05, 4.69) is 31.5 Å². The van der Waals surface area contributed by atoms with Crippen LogP contribution in [0.2, 0.25) is 0 Å². The zero-order chi connectivity index (χ0) is 14.5. The van der Waals surface area contributed by atoms with Gasteiger partial charge >= 0.3 is 0 Å². The molecule has 0 atom stereocenters. The molecule has 0 saturated heterocycles. The number of hydrogen-bond donors (Lipinski definition) is 2. The molecule has 0 fully saturated rings. The van der Waals surface area contributed by atoms with Gasteiger partial charge in [0, 0.05) is 12.7 Å². The van der Waals surface area contributed by atoms with E-state index in [9.17, 15) is 4.79 Å². The van der Waals surface area contributed by atoms with E-state index in [0.717, 1.165) is 4.47 Å². The van der Waals surface area contributed by atoms with Crippen LogP contribution in [0, 0.1) is 0 Å². The fourth-order valence-electron chi connectivity index (χ4n) is 1.64. The predicted octanol–water partition coefficient (Wildman–Crippen LogP) is 3.15. The van der Waals surface area contributed by atoms with Crippen molar-refractivity contribution >= 4 is 33.3 Å². The fourth-order valence-corrected chi connectivity index (χ4v) is 2.18. The van der Waals surface area contributed by atoms with Gasteiger partial charge in [-0.3, -0.25) is 4.79 Å². The minimum Gasteiger partial charge on any atom is -0.496 e. The molecule has 2 rings (SSSR count). The number of nitrogens with one attached hydrogen (secondary N) is 2. The van der Waals surface area contributed by atoms with Crippen LogP contribution in [0.1, 0.15) is 10.5 Å². The lowest BCUT2D eigenvalue weighted by Crippen LogP contribution is -2.14. The molecule has 1 aromatic heterocycles. The first kappa shape index (κ1) is 14.3. The summed E-state index contributed by atoms with van der Waals surface area (Å²) in [7, 11) is 3.34. The van der Waals surface area contributed by atoms with Gasteiger partial charge in [0.15, 0.2) is 0 Å². The van der Waals surface area contributed by atoms with E-state index in [1.54, 1.807) is 50.6 Å². The number of benzene rings is 1. The summed E-state index contributed by atoms with van der Waals surface area (Å²) in [6.07, 6.45) is 0. The third kappa shape index (κ3) is 3.27. The number of amides is 1. The van der Waals surface area contributed by atoms with E-state index in [4.69, 9.17) is 4.74 Å². The van der Waals surface area contributed by atoms with Crippen molar-refractivity contribution < 1.29 is 9.53 Å². The first-order valence-corrected chi connectivity index (χ1v) is 6.73. The van der Waals surface area contributed by atoms with Crippen LogP contribution in [-0.4, -0.2) is 25.0 Å². The molecule has 2 N–H and O–H groups in total. The van der Waals surface area contributed by atoms with Crippen molar-refractivity contribution in [1.29, 1.82) is 0 Å². The first-order valence-electron chi connectivity index (χ1n) is 5.93. The molecule has 0 bridgehead atoms. The number of nitrogens with zero attached hydrogens (tertiary/aromatic N) is 1. The minimum atomic E-state index is -0.265. The van der Waals surface area contributed by atoms with Crippen LogP contribution in [0.4, 0.5) is 11.5 Å². The van der Waals surface area contributed by atoms with Crippen molar-refractivity contribution in [2.45, 2.75) is 0 Å². The van der Waals surface area contributed by atoms with Crippen LogP contribution in [-0.2, 0) is 0 Å². The van der Waals surface area contributed by atoms with E-state index in [1.807, 2.05) is 0 Å². The molecule has 0 radical (unpaired) electrons. The number of carbonyl (C=O) groups excluding carboxylic acids is 1. The van der Waals surface area contributed by atoms with Gasteiger partial charge in [0.2, 0.25) is 0 Å². The second kappa shape index (κ2) is 6.38. The summed E-state index contributed by atoms with van der Waals surface area (Å²) in [5, 5.41) is 5.68. The molecule has 0 aliphatic heterocycles. The molecule has 6 heteroatoms. The van der Waals surface area contributed by atoms with Crippen LogP contribution in [0.15, 0.2) is 40.9 Å². The van der Waals surface area contributed by atoms with Crippen LogP contribution in [0.3, 0.4) is 0 Å². The lowest BCUT2D eigenvalue weighted by Gasteiger charge is -2.08. The number of anilines is 2. The molecular weight excluding hydrogens is 322 g/mol. The molecule has 0 saturated carbocycles. The van der Waals surface area contributed by atoms with Gasteiger partial charge in [0.05, 0.1) is 11.6 Å². The molecule has 104 valence electrons. The maximum Gasteiger partial charge on any atom is 0.274 e. The van der Waals surface area contributed by atoms with E-state index in [-0.39, 0.29) is 5.91 Å². The summed E-state index contributed by atoms with van der Waals surface area (Å²) in [5.74, 6) is 1.09. The minimum absolute atomic E-state index is 0.265. The summed E-state index contributed by atoms with van der Waals surface area (Å²) in [6, 6.07) is 10.5. The Kier molecular flexibility index (Phi) is 4.57. The fraction of sp³-hybridized carbons (Fsp3) is 0.143. The highest BCUT2D eigenvalue weighted by Gasteiger charge is 2.09. The summed E-state index contributed by atoms with van der Waals surface area (Å²) >= 11 is 3.37. The Morgan fingerprint density at radius 1 is 1.30 bits per heavy atom. The number of halogens is 1. The Hall–Kier alpha value is -2.08. The number of hydrogen-bond acceptors (Lipinski definition) is 4. The summed E-state index contributed by atoms with van der Waals surface area (Å²) in [6.45, 7) is 0. The van der Waals surface area contributed by atoms with Crippen LogP contribution >= 0.6 is 15.9 Å². The highest BCUT2D eigenvalue weighted by molar-refractivity contribution is 9.10. The topological polar surface area (TPSA) is 63.2 Å². The molecule has 0 unspecified atom stereocenters. The van der Waals surface area contributed by atoms with E-state index < -0.39 is 0 Å². The highest BCUT2D eigenvalue weighted by Crippen LogP contribution is 2.27. The van der Waals surface area contributed by atoms with Crippen molar-refractivity contribution in [3.05, 3.63) is 46.6 Å². The largest absolute Gasteiger partial charge is 0.496 e. The molecule has 1 aromatic carbocycles. The van der Waals surface area contributed by atoms with Crippen molar-refractivity contribution in [3.63, 3.8) is 0 Å². The number of carbonyl (C=O) groups is 1. The molecule has 0 aliphatic rings. The maximum absolute atomic E-state index is 12.1. The standard InChI is InChI=1S/C14H14BrN3O2/c1-16-13-5-3-4-11(18-13)14(19)17-9-6-7-12(20-2)10(15)8-9/h3-8H,1-2H3,(H,16,18)(H,17,19). The highest BCUT2D eigenvalue weighted by atomic mass is 79.9. The summed E-state index contributed by atoms with van der Waals surface area (Å²) in [4.78, 5) is 16.3. The second-order valence-corrected chi connectivity index (χ2v) is 4.82.